The Balaban J connectivity index is 6.16. The molecule has 193 valence electrons. The van der Waals surface area contributed by atoms with Gasteiger partial charge in [0.25, 0.3) is 0 Å². The van der Waals surface area contributed by atoms with Crippen LogP contribution in [0, 0.1) is 0 Å². The van der Waals surface area contributed by atoms with Crippen LogP contribution in [-0.4, -0.2) is 52.4 Å². The molecule has 0 N–H and O–H groups in total. The zero-order valence-electron chi connectivity index (χ0n) is 18.8. The van der Waals surface area contributed by atoms with Crippen molar-refractivity contribution >= 4 is 16.9 Å². The van der Waals surface area contributed by atoms with E-state index < -0.39 is 88.5 Å². The van der Waals surface area contributed by atoms with Gasteiger partial charge >= 0.3 is 35.5 Å². The van der Waals surface area contributed by atoms with Gasteiger partial charge in [-0.15, -0.1) is 0 Å². The number of rotatable bonds is 12. The molecule has 0 aromatic carbocycles. The molecule has 0 amide bonds. The first-order chi connectivity index (χ1) is 13.7. The summed E-state index contributed by atoms with van der Waals surface area (Å²) in [5.41, 5.74) is -1.77. The highest BCUT2D eigenvalue weighted by Crippen LogP contribution is 2.56. The maximum Gasteiger partial charge on any atom is 0.371 e. The third-order valence-corrected chi connectivity index (χ3v) is 14.3. The maximum atomic E-state index is 14.5. The van der Waals surface area contributed by atoms with E-state index in [1.807, 2.05) is 0 Å². The van der Waals surface area contributed by atoms with Gasteiger partial charge in [-0.3, -0.25) is 0 Å². The summed E-state index contributed by atoms with van der Waals surface area (Å²) in [7, 11) is -6.84. The van der Waals surface area contributed by atoms with E-state index in [0.717, 1.165) is 13.8 Å². The minimum atomic E-state index is -5.96. The molecule has 0 aliphatic carbocycles. The molecule has 0 fully saturated rings. The number of hydrogen-bond donors (Lipinski definition) is 0. The first-order valence-corrected chi connectivity index (χ1v) is 15.1. The lowest BCUT2D eigenvalue weighted by Gasteiger charge is -2.42. The van der Waals surface area contributed by atoms with E-state index in [2.05, 4.69) is 0 Å². The average Bonchev–Trinajstić information content (AvgIpc) is 2.51. The smallest absolute Gasteiger partial charge is 0.200 e. The summed E-state index contributed by atoms with van der Waals surface area (Å²) in [5.74, 6) is -33.4. The first kappa shape index (κ1) is 31.6. The molecule has 0 heterocycles. The highest BCUT2D eigenvalue weighted by Gasteiger charge is 2.74. The molecule has 32 heavy (non-hydrogen) atoms. The monoisotopic (exact) mass is 529 g/mol. The van der Waals surface area contributed by atoms with Gasteiger partial charge in [0.05, 0.1) is 16.9 Å². The van der Waals surface area contributed by atoms with Gasteiger partial charge in [0.2, 0.25) is 0 Å². The summed E-state index contributed by atoms with van der Waals surface area (Å²) in [4.78, 5) is 0. The predicted molar refractivity (Wildman–Crippen MR) is 103 cm³/mol. The summed E-state index contributed by atoms with van der Waals surface area (Å²) >= 11 is 0. The third kappa shape index (κ3) is 6.18. The minimum absolute atomic E-state index is 0.456. The SMILES string of the molecule is CC(C)[Si](C)CC(F)(F)C(F)(F)C(F)(F)C[Si](C)(CC(F)(F)C(F)(F)C(C)(F)F)C(C)C. The molecular formula is C18H29F12Si2. The Hall–Kier alpha value is -0.406. The van der Waals surface area contributed by atoms with E-state index in [4.69, 9.17) is 0 Å². The second-order valence-corrected chi connectivity index (χ2v) is 17.9. The molecule has 0 aliphatic rings. The quantitative estimate of drug-likeness (QED) is 0.175. The van der Waals surface area contributed by atoms with Gasteiger partial charge in [-0.2, -0.15) is 52.7 Å². The molecule has 0 aliphatic heterocycles. The van der Waals surface area contributed by atoms with Gasteiger partial charge in [-0.05, 0) is 0 Å². The van der Waals surface area contributed by atoms with Crippen molar-refractivity contribution in [3.8, 4) is 0 Å². The summed E-state index contributed by atoms with van der Waals surface area (Å²) in [5, 5.41) is 0. The van der Waals surface area contributed by atoms with Crippen LogP contribution in [0.5, 0.6) is 0 Å². The van der Waals surface area contributed by atoms with Crippen LogP contribution in [0.15, 0.2) is 0 Å². The van der Waals surface area contributed by atoms with E-state index in [-0.39, 0.29) is 0 Å². The molecule has 0 aromatic rings. The molecule has 0 saturated carbocycles. The van der Waals surface area contributed by atoms with E-state index in [0.29, 0.717) is 6.55 Å². The Kier molecular flexibility index (Phi) is 9.21. The normalized spacial score (nSPS) is 17.4. The lowest BCUT2D eigenvalue weighted by Crippen LogP contribution is -2.61. The fraction of sp³-hybridized carbons (Fsp3) is 1.00. The molecule has 0 spiro atoms. The highest BCUT2D eigenvalue weighted by atomic mass is 28.3. The fourth-order valence-corrected chi connectivity index (χ4v) is 7.71. The average molecular weight is 530 g/mol. The van der Waals surface area contributed by atoms with Gasteiger partial charge in [-0.1, -0.05) is 51.9 Å². The fourth-order valence-electron chi connectivity index (χ4n) is 2.96. The van der Waals surface area contributed by atoms with Crippen molar-refractivity contribution in [2.45, 2.75) is 112 Å². The standard InChI is InChI=1S/C18H29F12Si2/c1-11(2)31(6)8-14(21,22)18(29,30)16(25,26)10-32(7,12(3)4)9-15(23,24)17(27,28)13(5,19)20/h11-12H,8-10H2,1-7H3. The molecule has 0 saturated heterocycles. The van der Waals surface area contributed by atoms with Crippen molar-refractivity contribution in [3.63, 3.8) is 0 Å². The molecule has 0 rings (SSSR count). The van der Waals surface area contributed by atoms with Crippen LogP contribution in [0.3, 0.4) is 0 Å². The van der Waals surface area contributed by atoms with E-state index in [9.17, 15) is 52.7 Å². The van der Waals surface area contributed by atoms with Crippen LogP contribution < -0.4 is 0 Å². The lowest BCUT2D eigenvalue weighted by molar-refractivity contribution is -0.299. The van der Waals surface area contributed by atoms with Crippen molar-refractivity contribution in [1.82, 2.24) is 0 Å². The number of halogens is 12. The third-order valence-electron chi connectivity index (χ3n) is 6.06. The second-order valence-electron chi connectivity index (χ2n) is 9.49. The molecule has 0 nitrogen and oxygen atoms in total. The zero-order chi connectivity index (χ0) is 26.4. The number of alkyl halides is 12. The summed E-state index contributed by atoms with van der Waals surface area (Å²) < 4.78 is 168. The van der Waals surface area contributed by atoms with Crippen molar-refractivity contribution in [2.24, 2.45) is 0 Å². The molecule has 1 radical (unpaired) electrons. The largest absolute Gasteiger partial charge is 0.371 e. The Bertz CT molecular complexity index is 628. The maximum absolute atomic E-state index is 14.5. The highest BCUT2D eigenvalue weighted by molar-refractivity contribution is 6.80. The Labute approximate surface area is 182 Å². The van der Waals surface area contributed by atoms with Crippen molar-refractivity contribution < 1.29 is 52.7 Å². The molecule has 1 unspecified atom stereocenters. The Morgan fingerprint density at radius 3 is 1.28 bits per heavy atom. The predicted octanol–water partition coefficient (Wildman–Crippen LogP) is 8.84. The van der Waals surface area contributed by atoms with E-state index >= 15 is 0 Å². The van der Waals surface area contributed by atoms with E-state index in [1.54, 1.807) is 0 Å². The topological polar surface area (TPSA) is 0 Å². The van der Waals surface area contributed by atoms with Gasteiger partial charge in [0, 0.05) is 25.1 Å². The minimum Gasteiger partial charge on any atom is -0.200 e. The van der Waals surface area contributed by atoms with Crippen molar-refractivity contribution in [3.05, 3.63) is 0 Å². The molecule has 0 aromatic heterocycles. The molecule has 1 atom stereocenters. The van der Waals surface area contributed by atoms with Crippen LogP contribution in [0.1, 0.15) is 34.6 Å². The van der Waals surface area contributed by atoms with Crippen molar-refractivity contribution in [1.29, 1.82) is 0 Å². The van der Waals surface area contributed by atoms with Gasteiger partial charge in [0.15, 0.2) is 0 Å². The van der Waals surface area contributed by atoms with Crippen molar-refractivity contribution in [2.75, 3.05) is 0 Å². The summed E-state index contributed by atoms with van der Waals surface area (Å²) in [6, 6.07) is -5.93. The van der Waals surface area contributed by atoms with E-state index in [1.165, 1.54) is 20.4 Å². The van der Waals surface area contributed by atoms with Gasteiger partial charge in [-0.25, -0.2) is 0 Å². The second kappa shape index (κ2) is 9.33. The Morgan fingerprint density at radius 2 is 1.00 bits per heavy atom. The lowest BCUT2D eigenvalue weighted by atomic mass is 10.1. The first-order valence-electron chi connectivity index (χ1n) is 9.78. The number of hydrogen-bond acceptors (Lipinski definition) is 0. The molecular weight excluding hydrogens is 500 g/mol. The Morgan fingerprint density at radius 1 is 0.656 bits per heavy atom. The summed E-state index contributed by atoms with van der Waals surface area (Å²) in [6.07, 6.45) is 0. The van der Waals surface area contributed by atoms with Crippen LogP contribution in [0.4, 0.5) is 52.7 Å². The molecule has 0 bridgehead atoms. The van der Waals surface area contributed by atoms with Crippen LogP contribution in [0.2, 0.25) is 42.3 Å². The summed E-state index contributed by atoms with van der Waals surface area (Å²) in [6.45, 7) is 6.30. The van der Waals surface area contributed by atoms with Crippen LogP contribution >= 0.6 is 0 Å². The van der Waals surface area contributed by atoms with Crippen LogP contribution in [-0.2, 0) is 0 Å². The van der Waals surface area contributed by atoms with Crippen LogP contribution in [0.25, 0.3) is 0 Å². The van der Waals surface area contributed by atoms with Gasteiger partial charge < -0.3 is 0 Å². The zero-order valence-corrected chi connectivity index (χ0v) is 20.8. The van der Waals surface area contributed by atoms with Gasteiger partial charge in [0.1, 0.15) is 0 Å². The molecule has 14 heteroatoms.